The van der Waals surface area contributed by atoms with Crippen molar-refractivity contribution in [2.24, 2.45) is 11.7 Å². The third-order valence-corrected chi connectivity index (χ3v) is 4.49. The number of hydrogen-bond acceptors (Lipinski definition) is 3. The molecule has 2 N–H and O–H groups in total. The Labute approximate surface area is 132 Å². The lowest BCUT2D eigenvalue weighted by molar-refractivity contribution is 0.220. The van der Waals surface area contributed by atoms with Gasteiger partial charge in [-0.2, -0.15) is 0 Å². The zero-order chi connectivity index (χ0) is 14.7. The van der Waals surface area contributed by atoms with E-state index in [1.807, 2.05) is 24.3 Å². The number of rotatable bonds is 9. The lowest BCUT2D eigenvalue weighted by atomic mass is 10.2. The van der Waals surface area contributed by atoms with Gasteiger partial charge in [-0.25, -0.2) is 0 Å². The lowest BCUT2D eigenvalue weighted by Gasteiger charge is -2.21. The molecule has 0 aromatic heterocycles. The zero-order valence-corrected chi connectivity index (χ0v) is 13.3. The lowest BCUT2D eigenvalue weighted by Crippen LogP contribution is -2.30. The highest BCUT2D eigenvalue weighted by atomic mass is 32.1. The summed E-state index contributed by atoms with van der Waals surface area (Å²) >= 11 is 4.94. The van der Waals surface area contributed by atoms with E-state index in [2.05, 4.69) is 4.90 Å². The topological polar surface area (TPSA) is 38.5 Å². The molecule has 2 aliphatic rings. The van der Waals surface area contributed by atoms with Crippen LogP contribution in [0.25, 0.3) is 0 Å². The van der Waals surface area contributed by atoms with Crippen molar-refractivity contribution in [3.8, 4) is 5.75 Å². The fraction of sp³-hybridized carbons (Fsp3) is 0.588. The van der Waals surface area contributed by atoms with Crippen LogP contribution in [0.5, 0.6) is 5.75 Å². The Morgan fingerprint density at radius 1 is 1.19 bits per heavy atom. The molecule has 1 aromatic carbocycles. The smallest absolute Gasteiger partial charge is 0.119 e. The maximum Gasteiger partial charge on any atom is 0.119 e. The summed E-state index contributed by atoms with van der Waals surface area (Å²) in [6, 6.07) is 8.59. The number of benzene rings is 1. The molecule has 0 atom stereocenters. The first-order chi connectivity index (χ1) is 10.2. The average Bonchev–Trinajstić information content (AvgIpc) is 3.36. The highest BCUT2D eigenvalue weighted by Gasteiger charge is 2.33. The second kappa shape index (κ2) is 6.75. The van der Waals surface area contributed by atoms with Gasteiger partial charge in [-0.15, -0.1) is 0 Å². The van der Waals surface area contributed by atoms with Gasteiger partial charge in [0.2, 0.25) is 0 Å². The van der Waals surface area contributed by atoms with Gasteiger partial charge in [-0.1, -0.05) is 12.2 Å². The first-order valence-electron chi connectivity index (χ1n) is 7.99. The molecule has 2 fully saturated rings. The molecule has 21 heavy (non-hydrogen) atoms. The maximum absolute atomic E-state index is 5.80. The van der Waals surface area contributed by atoms with Crippen molar-refractivity contribution in [2.45, 2.75) is 38.1 Å². The summed E-state index contributed by atoms with van der Waals surface area (Å²) in [5.74, 6) is 1.88. The molecule has 0 unspecified atom stereocenters. The van der Waals surface area contributed by atoms with E-state index in [9.17, 15) is 0 Å². The van der Waals surface area contributed by atoms with E-state index in [1.165, 1.54) is 38.8 Å². The number of nitrogens with zero attached hydrogens (tertiary/aromatic N) is 1. The molecule has 0 amide bonds. The van der Waals surface area contributed by atoms with Crippen molar-refractivity contribution in [2.75, 3.05) is 19.7 Å². The quantitative estimate of drug-likeness (QED) is 0.562. The van der Waals surface area contributed by atoms with Crippen LogP contribution in [-0.4, -0.2) is 35.6 Å². The molecule has 2 saturated carbocycles. The number of nitrogens with two attached hydrogens (primary N) is 1. The van der Waals surface area contributed by atoms with E-state index in [0.29, 0.717) is 4.99 Å². The largest absolute Gasteiger partial charge is 0.494 e. The van der Waals surface area contributed by atoms with Crippen LogP contribution in [0, 0.1) is 5.92 Å². The van der Waals surface area contributed by atoms with Gasteiger partial charge in [-0.05, 0) is 62.3 Å². The van der Waals surface area contributed by atoms with E-state index in [-0.39, 0.29) is 0 Å². The third-order valence-electron chi connectivity index (χ3n) is 4.25. The van der Waals surface area contributed by atoms with Crippen molar-refractivity contribution in [3.63, 3.8) is 0 Å². The Balaban J connectivity index is 1.37. The Kier molecular flexibility index (Phi) is 4.76. The van der Waals surface area contributed by atoms with E-state index < -0.39 is 0 Å². The minimum atomic E-state index is 0.432. The number of hydrogen-bond donors (Lipinski definition) is 1. The van der Waals surface area contributed by atoms with Gasteiger partial charge in [0.1, 0.15) is 10.7 Å². The molecule has 0 bridgehead atoms. The normalized spacial score (nSPS) is 18.0. The predicted molar refractivity (Wildman–Crippen MR) is 89.8 cm³/mol. The monoisotopic (exact) mass is 304 g/mol. The Morgan fingerprint density at radius 3 is 2.48 bits per heavy atom. The molecule has 0 heterocycles. The van der Waals surface area contributed by atoms with Crippen molar-refractivity contribution in [1.29, 1.82) is 0 Å². The van der Waals surface area contributed by atoms with Crippen LogP contribution in [0.3, 0.4) is 0 Å². The molecular formula is C17H24N2OS. The van der Waals surface area contributed by atoms with Gasteiger partial charge < -0.3 is 10.5 Å². The minimum Gasteiger partial charge on any atom is -0.494 e. The SMILES string of the molecule is NC(=S)c1ccc(OCCCN(CC2CC2)C2CC2)cc1. The summed E-state index contributed by atoms with van der Waals surface area (Å²) in [4.78, 5) is 3.11. The van der Waals surface area contributed by atoms with Crippen molar-refractivity contribution >= 4 is 17.2 Å². The van der Waals surface area contributed by atoms with Gasteiger partial charge in [0.25, 0.3) is 0 Å². The van der Waals surface area contributed by atoms with Crippen molar-refractivity contribution in [3.05, 3.63) is 29.8 Å². The Bertz CT molecular complexity index is 480. The second-order valence-corrected chi connectivity index (χ2v) is 6.70. The van der Waals surface area contributed by atoms with E-state index in [4.69, 9.17) is 22.7 Å². The van der Waals surface area contributed by atoms with Crippen LogP contribution in [0.1, 0.15) is 37.7 Å². The van der Waals surface area contributed by atoms with Crippen LogP contribution in [0.2, 0.25) is 0 Å². The van der Waals surface area contributed by atoms with E-state index >= 15 is 0 Å². The highest BCUT2D eigenvalue weighted by molar-refractivity contribution is 7.80. The second-order valence-electron chi connectivity index (χ2n) is 6.26. The fourth-order valence-electron chi connectivity index (χ4n) is 2.67. The molecule has 4 heteroatoms. The van der Waals surface area contributed by atoms with Gasteiger partial charge >= 0.3 is 0 Å². The molecule has 0 radical (unpaired) electrons. The summed E-state index contributed by atoms with van der Waals surface area (Å²) in [5, 5.41) is 0. The number of thiocarbonyl (C=S) groups is 1. The molecule has 0 spiro atoms. The van der Waals surface area contributed by atoms with E-state index in [0.717, 1.165) is 36.3 Å². The average molecular weight is 304 g/mol. The molecule has 3 nitrogen and oxygen atoms in total. The molecule has 0 aliphatic heterocycles. The molecule has 0 saturated heterocycles. The molecule has 2 aliphatic carbocycles. The summed E-state index contributed by atoms with van der Waals surface area (Å²) < 4.78 is 5.80. The van der Waals surface area contributed by atoms with Crippen LogP contribution in [0.15, 0.2) is 24.3 Å². The van der Waals surface area contributed by atoms with Crippen LogP contribution < -0.4 is 10.5 Å². The fourth-order valence-corrected chi connectivity index (χ4v) is 2.80. The first kappa shape index (κ1) is 14.8. The summed E-state index contributed by atoms with van der Waals surface area (Å²) in [5.41, 5.74) is 6.47. The van der Waals surface area contributed by atoms with Crippen LogP contribution in [0.4, 0.5) is 0 Å². The molecular weight excluding hydrogens is 280 g/mol. The van der Waals surface area contributed by atoms with Gasteiger partial charge in [0.15, 0.2) is 0 Å². The van der Waals surface area contributed by atoms with Crippen molar-refractivity contribution in [1.82, 2.24) is 4.90 Å². The van der Waals surface area contributed by atoms with Crippen LogP contribution >= 0.6 is 12.2 Å². The minimum absolute atomic E-state index is 0.432. The first-order valence-corrected chi connectivity index (χ1v) is 8.40. The standard InChI is InChI=1S/C17H24N2OS/c18-17(21)14-4-8-16(9-5-14)20-11-1-10-19(15-6-7-15)12-13-2-3-13/h4-5,8-9,13,15H,1-3,6-7,10-12H2,(H2,18,21). The van der Waals surface area contributed by atoms with Gasteiger partial charge in [0, 0.05) is 24.7 Å². The third kappa shape index (κ3) is 4.68. The summed E-state index contributed by atoms with van der Waals surface area (Å²) in [7, 11) is 0. The Morgan fingerprint density at radius 2 is 1.90 bits per heavy atom. The van der Waals surface area contributed by atoms with E-state index in [1.54, 1.807) is 0 Å². The molecule has 3 rings (SSSR count). The predicted octanol–water partition coefficient (Wildman–Crippen LogP) is 2.96. The van der Waals surface area contributed by atoms with Crippen LogP contribution in [-0.2, 0) is 0 Å². The highest BCUT2D eigenvalue weighted by Crippen LogP contribution is 2.34. The molecule has 1 aromatic rings. The molecule has 114 valence electrons. The zero-order valence-electron chi connectivity index (χ0n) is 12.5. The number of ether oxygens (including phenoxy) is 1. The van der Waals surface area contributed by atoms with Gasteiger partial charge in [0.05, 0.1) is 6.61 Å². The Hall–Kier alpha value is -1.13. The summed E-state index contributed by atoms with van der Waals surface area (Å²) in [6.45, 7) is 3.26. The van der Waals surface area contributed by atoms with Crippen molar-refractivity contribution < 1.29 is 4.74 Å². The van der Waals surface area contributed by atoms with Gasteiger partial charge in [-0.3, -0.25) is 4.90 Å². The summed E-state index contributed by atoms with van der Waals surface area (Å²) in [6.07, 6.45) is 6.77. The maximum atomic E-state index is 5.80.